The van der Waals surface area contributed by atoms with E-state index < -0.39 is 11.8 Å². The molecule has 15 heavy (non-hydrogen) atoms. The average molecular weight is 275 g/mol. The van der Waals surface area contributed by atoms with E-state index >= 15 is 0 Å². The van der Waals surface area contributed by atoms with Crippen LogP contribution >= 0.6 is 22.9 Å². The first-order chi connectivity index (χ1) is 6.47. The van der Waals surface area contributed by atoms with Crippen LogP contribution in [0.1, 0.15) is 0 Å². The predicted molar refractivity (Wildman–Crippen MR) is 55.5 cm³/mol. The number of hydrogen-bond acceptors (Lipinski definition) is 1. The molecule has 0 aliphatic rings. The zero-order valence-electron chi connectivity index (χ0n) is 7.81. The first kappa shape index (κ1) is 14.0. The van der Waals surface area contributed by atoms with Crippen LogP contribution in [0.4, 0.5) is 12.9 Å². The Bertz CT molecular complexity index is 482. The van der Waals surface area contributed by atoms with E-state index in [0.717, 1.165) is 17.4 Å². The first-order valence-electron chi connectivity index (χ1n) is 3.86. The summed E-state index contributed by atoms with van der Waals surface area (Å²) in [6.07, 6.45) is 0. The average Bonchev–Trinajstić information content (AvgIpc) is 2.45. The van der Waals surface area contributed by atoms with E-state index in [2.05, 4.69) is 0 Å². The van der Waals surface area contributed by atoms with Gasteiger partial charge >= 0.3 is 58.4 Å². The fourth-order valence-electron chi connectivity index (χ4n) is 1.20. The minimum Gasteiger partial charge on any atom is -0.444 e. The van der Waals surface area contributed by atoms with Gasteiger partial charge in [-0.3, -0.25) is 0 Å². The van der Waals surface area contributed by atoms with E-state index in [1.807, 2.05) is 0 Å². The van der Waals surface area contributed by atoms with Crippen molar-refractivity contribution in [3.63, 3.8) is 0 Å². The summed E-state index contributed by atoms with van der Waals surface area (Å²) >= 11 is 6.43. The molecule has 2 rings (SSSR count). The fourth-order valence-corrected chi connectivity index (χ4v) is 2.32. The van der Waals surface area contributed by atoms with Gasteiger partial charge in [-0.2, -0.15) is 11.3 Å². The molecule has 7 heteroatoms. The Morgan fingerprint density at radius 3 is 2.40 bits per heavy atom. The fraction of sp³-hybridized carbons (Fsp3) is 0. The Hall–Kier alpha value is 0.961. The number of benzene rings is 1. The van der Waals surface area contributed by atoms with Gasteiger partial charge in [-0.25, -0.2) is 0 Å². The second-order valence-corrected chi connectivity index (χ2v) is 4.46. The third-order valence-electron chi connectivity index (χ3n) is 1.82. The molecule has 0 N–H and O–H groups in total. The number of thiophene rings is 1. The van der Waals surface area contributed by atoms with E-state index in [1.165, 1.54) is 0 Å². The summed E-state index contributed by atoms with van der Waals surface area (Å²) in [4.78, 5) is 0. The molecule has 0 nitrogen and oxygen atoms in total. The molecule has 0 unspecified atom stereocenters. The summed E-state index contributed by atoms with van der Waals surface area (Å²) in [7, 11) is 0. The predicted octanol–water partition coefficient (Wildman–Crippen LogP) is 0.613. The normalized spacial score (nSPS) is 11.5. The van der Waals surface area contributed by atoms with Gasteiger partial charge in [0.1, 0.15) is 0 Å². The van der Waals surface area contributed by atoms with Crippen LogP contribution in [0.3, 0.4) is 0 Å². The van der Waals surface area contributed by atoms with Gasteiger partial charge in [-0.15, -0.1) is 0 Å². The van der Waals surface area contributed by atoms with Crippen LogP contribution < -0.4 is 56.2 Å². The van der Waals surface area contributed by atoms with Gasteiger partial charge in [0.05, 0.1) is 0 Å². The van der Waals surface area contributed by atoms with E-state index in [1.54, 1.807) is 18.2 Å². The van der Waals surface area contributed by atoms with Crippen molar-refractivity contribution in [3.05, 3.63) is 29.3 Å². The molecule has 2 aromatic rings. The van der Waals surface area contributed by atoms with Crippen molar-refractivity contribution < 1.29 is 64.3 Å². The van der Waals surface area contributed by atoms with Gasteiger partial charge in [-0.1, -0.05) is 22.4 Å². The zero-order valence-corrected chi connectivity index (χ0v) is 12.5. The number of halogens is 4. The van der Waals surface area contributed by atoms with Crippen LogP contribution in [-0.4, -0.2) is 6.98 Å². The summed E-state index contributed by atoms with van der Waals surface area (Å²) in [6.45, 7) is -4.89. The maximum atomic E-state index is 12.4. The van der Waals surface area contributed by atoms with Gasteiger partial charge in [0, 0.05) is 9.72 Å². The third-order valence-corrected chi connectivity index (χ3v) is 3.27. The first-order valence-corrected chi connectivity index (χ1v) is 5.05. The molecule has 74 valence electrons. The third kappa shape index (κ3) is 3.21. The molecule has 0 amide bonds. The molecule has 0 atom stereocenters. The van der Waals surface area contributed by atoms with Crippen molar-refractivity contribution in [2.75, 3.05) is 0 Å². The number of fused-ring (bicyclic) bond motifs is 1. The standard InChI is InChI=1S/C8H4BClF3S.K/c10-6-1-2-7-5(3-6)4-8(14-7)9(11,12)13;/h1-4H;/q-1;+1. The largest absolute Gasteiger partial charge is 1.00 e. The van der Waals surface area contributed by atoms with Crippen molar-refractivity contribution in [1.82, 2.24) is 0 Å². The maximum absolute atomic E-state index is 12.4. The van der Waals surface area contributed by atoms with Gasteiger partial charge in [0.2, 0.25) is 0 Å². The van der Waals surface area contributed by atoms with Crippen LogP contribution in [0.15, 0.2) is 24.3 Å². The zero-order chi connectivity index (χ0) is 10.3. The second kappa shape index (κ2) is 5.08. The Kier molecular flexibility index (Phi) is 4.75. The van der Waals surface area contributed by atoms with Crippen LogP contribution in [0, 0.1) is 0 Å². The Labute approximate surface area is 136 Å². The van der Waals surface area contributed by atoms with Gasteiger partial charge in [0.25, 0.3) is 0 Å². The van der Waals surface area contributed by atoms with E-state index in [9.17, 15) is 12.9 Å². The Morgan fingerprint density at radius 2 is 1.80 bits per heavy atom. The minimum atomic E-state index is -4.89. The van der Waals surface area contributed by atoms with Crippen molar-refractivity contribution >= 4 is 44.8 Å². The molecule has 1 aromatic carbocycles. The minimum absolute atomic E-state index is 0. The molecule has 0 spiro atoms. The molecule has 1 heterocycles. The van der Waals surface area contributed by atoms with Crippen LogP contribution in [0.25, 0.3) is 10.1 Å². The van der Waals surface area contributed by atoms with E-state index in [4.69, 9.17) is 11.6 Å². The summed E-state index contributed by atoms with van der Waals surface area (Å²) in [5.74, 6) is 0. The van der Waals surface area contributed by atoms with Crippen molar-refractivity contribution in [1.29, 1.82) is 0 Å². The topological polar surface area (TPSA) is 0 Å². The molecule has 0 saturated carbocycles. The molecule has 0 aliphatic carbocycles. The summed E-state index contributed by atoms with van der Waals surface area (Å²) in [5.41, 5.74) is 0. The summed E-state index contributed by atoms with van der Waals surface area (Å²) in [5, 5.41) is 1.01. The number of hydrogen-bond donors (Lipinski definition) is 0. The molecule has 0 bridgehead atoms. The van der Waals surface area contributed by atoms with Crippen molar-refractivity contribution in [2.24, 2.45) is 0 Å². The van der Waals surface area contributed by atoms with E-state index in [-0.39, 0.29) is 51.4 Å². The molecule has 1 aromatic heterocycles. The smallest absolute Gasteiger partial charge is 0.444 e. The second-order valence-electron chi connectivity index (χ2n) is 2.91. The Morgan fingerprint density at radius 1 is 1.13 bits per heavy atom. The molecular formula is C8H4BClF3KS. The quantitative estimate of drug-likeness (QED) is 0.669. The van der Waals surface area contributed by atoms with Crippen LogP contribution in [-0.2, 0) is 0 Å². The molecule has 0 fully saturated rings. The number of rotatable bonds is 1. The summed E-state index contributed by atoms with van der Waals surface area (Å²) in [6, 6.07) is 5.88. The van der Waals surface area contributed by atoms with Crippen molar-refractivity contribution in [3.8, 4) is 0 Å². The SMILES string of the molecule is F[B-](F)(F)c1cc2cc(Cl)ccc2s1.[K+]. The maximum Gasteiger partial charge on any atom is 1.00 e. The Balaban J connectivity index is 0.00000112. The summed E-state index contributed by atoms with van der Waals surface area (Å²) < 4.78 is 37.2. The van der Waals surface area contributed by atoms with Crippen LogP contribution in [0.2, 0.25) is 5.02 Å². The molecular weight excluding hydrogens is 271 g/mol. The van der Waals surface area contributed by atoms with Gasteiger partial charge in [-0.05, 0) is 23.6 Å². The molecule has 0 aliphatic heterocycles. The monoisotopic (exact) mass is 274 g/mol. The molecule has 0 saturated heterocycles. The van der Waals surface area contributed by atoms with Crippen molar-refractivity contribution in [2.45, 2.75) is 0 Å². The molecule has 0 radical (unpaired) electrons. The van der Waals surface area contributed by atoms with Gasteiger partial charge < -0.3 is 12.9 Å². The van der Waals surface area contributed by atoms with Gasteiger partial charge in [0.15, 0.2) is 0 Å². The van der Waals surface area contributed by atoms with E-state index in [0.29, 0.717) is 15.1 Å². The van der Waals surface area contributed by atoms with Crippen LogP contribution in [0.5, 0.6) is 0 Å².